The molecule has 0 spiro atoms. The Hall–Kier alpha value is -4.57. The molecule has 11 heteroatoms. The molecule has 0 saturated carbocycles. The predicted molar refractivity (Wildman–Crippen MR) is 169 cm³/mol. The van der Waals surface area contributed by atoms with Gasteiger partial charge in [0, 0.05) is 43.2 Å². The summed E-state index contributed by atoms with van der Waals surface area (Å²) in [4.78, 5) is 48.6. The zero-order valence-corrected chi connectivity index (χ0v) is 25.9. The van der Waals surface area contributed by atoms with E-state index in [4.69, 9.17) is 31.5 Å². The van der Waals surface area contributed by atoms with Crippen molar-refractivity contribution in [3.8, 4) is 0 Å². The standard InChI is InChI=1S/C33H40ClN3O7/c1-23(15-17-27-19-20-29(42-3)32(40)43-27)10-7-8-14-30(38)37-28(22-25-11-5-4-6-12-25)31(39)36-21-9-13-26(44-33(35)41)18-16-24(2)34/h4-12,14-16,20-21,26-28H,13,17-19,22H2,1-3H3,(H2,35,41)(H,36,39)(H,37,38)/b10-7-,14-8-,21-9-,23-15+,24-16+/t26?,27-,28?/m1/s1. The van der Waals surface area contributed by atoms with Crippen molar-refractivity contribution >= 4 is 35.5 Å². The quantitative estimate of drug-likeness (QED) is 0.133. The van der Waals surface area contributed by atoms with Crippen molar-refractivity contribution in [3.05, 3.63) is 107 Å². The van der Waals surface area contributed by atoms with Crippen molar-refractivity contribution in [2.75, 3.05) is 7.11 Å². The number of carbonyl (C=O) groups is 4. The van der Waals surface area contributed by atoms with Gasteiger partial charge in [-0.2, -0.15) is 0 Å². The minimum absolute atomic E-state index is 0.220. The summed E-state index contributed by atoms with van der Waals surface area (Å²) in [6, 6.07) is 8.47. The Kier molecular flexibility index (Phi) is 15.9. The topological polar surface area (TPSA) is 146 Å². The van der Waals surface area contributed by atoms with Gasteiger partial charge in [0.15, 0.2) is 5.76 Å². The zero-order chi connectivity index (χ0) is 32.3. The largest absolute Gasteiger partial charge is 0.490 e. The average Bonchev–Trinajstić information content (AvgIpc) is 2.99. The molecule has 0 radical (unpaired) electrons. The van der Waals surface area contributed by atoms with Gasteiger partial charge in [0.2, 0.25) is 11.8 Å². The highest BCUT2D eigenvalue weighted by Gasteiger charge is 2.23. The van der Waals surface area contributed by atoms with E-state index >= 15 is 0 Å². The normalized spacial score (nSPS) is 17.2. The van der Waals surface area contributed by atoms with Gasteiger partial charge in [0.25, 0.3) is 0 Å². The molecule has 0 aromatic heterocycles. The fourth-order valence-electron chi connectivity index (χ4n) is 4.02. The maximum absolute atomic E-state index is 13.0. The van der Waals surface area contributed by atoms with Crippen LogP contribution in [-0.2, 0) is 35.0 Å². The molecule has 1 aliphatic heterocycles. The number of methoxy groups -OCH3 is 1. The molecule has 236 valence electrons. The Bertz CT molecular complexity index is 1310. The van der Waals surface area contributed by atoms with E-state index < -0.39 is 36.0 Å². The van der Waals surface area contributed by atoms with Crippen molar-refractivity contribution in [2.24, 2.45) is 5.73 Å². The summed E-state index contributed by atoms with van der Waals surface area (Å²) in [5.41, 5.74) is 6.94. The minimum atomic E-state index is -0.904. The summed E-state index contributed by atoms with van der Waals surface area (Å²) in [5, 5.41) is 5.98. The molecule has 0 fully saturated rings. The molecule has 2 unspecified atom stereocenters. The van der Waals surface area contributed by atoms with E-state index in [2.05, 4.69) is 10.6 Å². The van der Waals surface area contributed by atoms with Crippen LogP contribution in [0, 0.1) is 0 Å². The van der Waals surface area contributed by atoms with Gasteiger partial charge in [-0.1, -0.05) is 84.0 Å². The van der Waals surface area contributed by atoms with Gasteiger partial charge in [0.05, 0.1) is 7.11 Å². The number of amides is 3. The number of esters is 1. The lowest BCUT2D eigenvalue weighted by Gasteiger charge is -2.20. The summed E-state index contributed by atoms with van der Waals surface area (Å²) in [6.45, 7) is 3.61. The Morgan fingerprint density at radius 3 is 2.50 bits per heavy atom. The van der Waals surface area contributed by atoms with E-state index in [9.17, 15) is 19.2 Å². The van der Waals surface area contributed by atoms with Crippen LogP contribution in [0.15, 0.2) is 102 Å². The lowest BCUT2D eigenvalue weighted by atomic mass is 10.1. The Morgan fingerprint density at radius 1 is 1.11 bits per heavy atom. The van der Waals surface area contributed by atoms with Crippen LogP contribution in [0.3, 0.4) is 0 Å². The summed E-state index contributed by atoms with van der Waals surface area (Å²) in [7, 11) is 1.43. The molecule has 0 saturated heterocycles. The molecule has 44 heavy (non-hydrogen) atoms. The molecular weight excluding hydrogens is 586 g/mol. The van der Waals surface area contributed by atoms with Crippen molar-refractivity contribution in [1.82, 2.24) is 10.6 Å². The molecule has 1 aliphatic rings. The van der Waals surface area contributed by atoms with Crippen molar-refractivity contribution in [2.45, 2.75) is 64.2 Å². The molecule has 0 aliphatic carbocycles. The number of nitrogens with one attached hydrogen (secondary N) is 2. The molecular formula is C33H40ClN3O7. The van der Waals surface area contributed by atoms with Crippen LogP contribution in [0.5, 0.6) is 0 Å². The average molecular weight is 626 g/mol. The lowest BCUT2D eigenvalue weighted by Crippen LogP contribution is -2.46. The van der Waals surface area contributed by atoms with Crippen molar-refractivity contribution in [1.29, 1.82) is 0 Å². The van der Waals surface area contributed by atoms with Gasteiger partial charge < -0.3 is 30.6 Å². The number of benzene rings is 1. The van der Waals surface area contributed by atoms with Gasteiger partial charge in [-0.25, -0.2) is 9.59 Å². The maximum Gasteiger partial charge on any atom is 0.404 e. The number of hydrogen-bond donors (Lipinski definition) is 3. The minimum Gasteiger partial charge on any atom is -0.490 e. The molecule has 1 heterocycles. The predicted octanol–water partition coefficient (Wildman–Crippen LogP) is 5.03. The molecule has 0 bridgehead atoms. The molecule has 3 amide bonds. The van der Waals surface area contributed by atoms with Gasteiger partial charge in [-0.05, 0) is 31.7 Å². The first-order valence-corrected chi connectivity index (χ1v) is 14.5. The maximum atomic E-state index is 13.0. The number of rotatable bonds is 16. The third kappa shape index (κ3) is 14.6. The second kappa shape index (κ2) is 19.6. The molecule has 2 rings (SSSR count). The smallest absolute Gasteiger partial charge is 0.404 e. The Morgan fingerprint density at radius 2 is 1.84 bits per heavy atom. The third-order valence-electron chi connectivity index (χ3n) is 6.28. The van der Waals surface area contributed by atoms with Crippen LogP contribution < -0.4 is 16.4 Å². The number of nitrogens with two attached hydrogens (primary N) is 1. The van der Waals surface area contributed by atoms with E-state index in [1.54, 1.807) is 37.3 Å². The van der Waals surface area contributed by atoms with E-state index in [-0.39, 0.29) is 18.3 Å². The number of hydrogen-bond acceptors (Lipinski definition) is 7. The fraction of sp³-hybridized carbons (Fsp3) is 0.333. The highest BCUT2D eigenvalue weighted by atomic mass is 35.5. The van der Waals surface area contributed by atoms with E-state index in [0.29, 0.717) is 30.7 Å². The molecule has 4 N–H and O–H groups in total. The van der Waals surface area contributed by atoms with Crippen molar-refractivity contribution in [3.63, 3.8) is 0 Å². The Labute approximate surface area is 263 Å². The van der Waals surface area contributed by atoms with Gasteiger partial charge in [0.1, 0.15) is 18.2 Å². The number of carbonyl (C=O) groups excluding carboxylic acids is 4. The lowest BCUT2D eigenvalue weighted by molar-refractivity contribution is -0.149. The SMILES string of the molecule is COC1=CC[C@@H](C/C=C(C)/C=C\C=C/C(=O)NC(Cc2ccccc2)C(=O)N/C=C\CC(C/C=C(\C)Cl)OC(N)=O)OC1=O. The second-order valence-electron chi connectivity index (χ2n) is 9.92. The van der Waals surface area contributed by atoms with E-state index in [1.807, 2.05) is 49.4 Å². The summed E-state index contributed by atoms with van der Waals surface area (Å²) < 4.78 is 15.4. The fourth-order valence-corrected chi connectivity index (χ4v) is 4.11. The summed E-state index contributed by atoms with van der Waals surface area (Å²) in [6.07, 6.45) is 15.2. The second-order valence-corrected chi connectivity index (χ2v) is 10.5. The number of cyclic esters (lactones) is 1. The number of ether oxygens (including phenoxy) is 3. The van der Waals surface area contributed by atoms with Crippen LogP contribution in [0.2, 0.25) is 0 Å². The highest BCUT2D eigenvalue weighted by Crippen LogP contribution is 2.18. The van der Waals surface area contributed by atoms with Crippen molar-refractivity contribution < 1.29 is 33.4 Å². The van der Waals surface area contributed by atoms with E-state index in [0.717, 1.165) is 11.1 Å². The molecule has 1 aromatic rings. The monoisotopic (exact) mass is 625 g/mol. The number of allylic oxidation sites excluding steroid dienone is 5. The summed E-state index contributed by atoms with van der Waals surface area (Å²) in [5.74, 6) is -1.11. The number of halogens is 1. The van der Waals surface area contributed by atoms with Crippen LogP contribution in [0.4, 0.5) is 4.79 Å². The van der Waals surface area contributed by atoms with Gasteiger partial charge in [-0.15, -0.1) is 0 Å². The molecule has 1 aromatic carbocycles. The van der Waals surface area contributed by atoms with E-state index in [1.165, 1.54) is 19.4 Å². The summed E-state index contributed by atoms with van der Waals surface area (Å²) >= 11 is 5.86. The van der Waals surface area contributed by atoms with Gasteiger partial charge >= 0.3 is 12.1 Å². The number of primary amides is 1. The molecule has 10 nitrogen and oxygen atoms in total. The first-order valence-electron chi connectivity index (χ1n) is 14.1. The third-order valence-corrected chi connectivity index (χ3v) is 6.44. The van der Waals surface area contributed by atoms with Gasteiger partial charge in [-0.3, -0.25) is 9.59 Å². The zero-order valence-electron chi connectivity index (χ0n) is 25.2. The first kappa shape index (κ1) is 35.6. The highest BCUT2D eigenvalue weighted by molar-refractivity contribution is 6.29. The first-order chi connectivity index (χ1) is 21.1. The Balaban J connectivity index is 1.95. The molecule has 3 atom stereocenters. The van der Waals surface area contributed by atoms with Crippen LogP contribution in [0.1, 0.15) is 45.1 Å². The van der Waals surface area contributed by atoms with Crippen LogP contribution in [-0.4, -0.2) is 49.2 Å². The van der Waals surface area contributed by atoms with Crippen LogP contribution in [0.25, 0.3) is 0 Å². The van der Waals surface area contributed by atoms with Crippen LogP contribution >= 0.6 is 11.6 Å².